The molecule has 0 radical (unpaired) electrons. The Balaban J connectivity index is 2.53. The Morgan fingerprint density at radius 2 is 1.32 bits per heavy atom. The van der Waals surface area contributed by atoms with Gasteiger partial charge in [-0.05, 0) is 24.4 Å². The fourth-order valence-electron chi connectivity index (χ4n) is 4.19. The molecule has 3 N–H and O–H groups in total. The molecule has 0 saturated heterocycles. The van der Waals surface area contributed by atoms with Gasteiger partial charge in [0.1, 0.15) is 0 Å². The number of unbranched alkanes of at least 4 members (excludes halogenated alkanes) is 2. The molecule has 0 fully saturated rings. The molecule has 25 heavy (non-hydrogen) atoms. The first-order valence-corrected chi connectivity index (χ1v) is 11.5. The fourth-order valence-corrected chi connectivity index (χ4v) is 10.1. The molecule has 3 heteroatoms. The quantitative estimate of drug-likeness (QED) is 0.562. The molecule has 2 aromatic rings. The molecule has 1 atom stereocenters. The number of rotatable bonds is 8. The largest absolute Gasteiger partial charge is 0.396 e. The lowest BCUT2D eigenvalue weighted by Gasteiger charge is -2.47. The standard InChI is InChI=1S/C22H33NOSi/c1-22(2,3)25(19-13-7-4-8-14-19,20-15-9-5-10-16-20)21(24)17-11-6-12-18-23/h4-5,7-10,13-16,21,24H,6,11-12,17-18,23H2,1-3H3. The highest BCUT2D eigenvalue weighted by molar-refractivity contribution is 7.05. The van der Waals surface area contributed by atoms with E-state index in [9.17, 15) is 5.11 Å². The first-order chi connectivity index (χ1) is 11.9. The predicted molar refractivity (Wildman–Crippen MR) is 111 cm³/mol. The van der Waals surface area contributed by atoms with E-state index in [4.69, 9.17) is 5.73 Å². The van der Waals surface area contributed by atoms with Gasteiger partial charge in [-0.1, -0.05) is 105 Å². The van der Waals surface area contributed by atoms with Gasteiger partial charge in [0.05, 0.1) is 5.73 Å². The molecule has 0 amide bonds. The molecule has 0 aromatic heterocycles. The van der Waals surface area contributed by atoms with Crippen LogP contribution in [0.3, 0.4) is 0 Å². The van der Waals surface area contributed by atoms with Gasteiger partial charge in [-0.25, -0.2) is 0 Å². The number of nitrogens with two attached hydrogens (primary N) is 1. The van der Waals surface area contributed by atoms with Crippen molar-refractivity contribution < 1.29 is 5.11 Å². The summed E-state index contributed by atoms with van der Waals surface area (Å²) in [7, 11) is -2.39. The average molecular weight is 356 g/mol. The second kappa shape index (κ2) is 8.79. The maximum atomic E-state index is 11.5. The minimum Gasteiger partial charge on any atom is -0.396 e. The van der Waals surface area contributed by atoms with E-state index < -0.39 is 8.07 Å². The van der Waals surface area contributed by atoms with Crippen LogP contribution in [-0.4, -0.2) is 25.5 Å². The molecule has 2 aromatic carbocycles. The number of aliphatic hydroxyl groups excluding tert-OH is 1. The Morgan fingerprint density at radius 1 is 0.840 bits per heavy atom. The van der Waals surface area contributed by atoms with E-state index >= 15 is 0 Å². The summed E-state index contributed by atoms with van der Waals surface area (Å²) in [5, 5.41) is 14.2. The van der Waals surface area contributed by atoms with Gasteiger partial charge in [-0.3, -0.25) is 0 Å². The van der Waals surface area contributed by atoms with Crippen LogP contribution in [0, 0.1) is 0 Å². The number of hydrogen-bond donors (Lipinski definition) is 2. The molecule has 0 bridgehead atoms. The summed E-state index contributed by atoms with van der Waals surface area (Å²) in [6.45, 7) is 7.61. The lowest BCUT2D eigenvalue weighted by molar-refractivity contribution is 0.225. The van der Waals surface area contributed by atoms with Crippen molar-refractivity contribution in [3.8, 4) is 0 Å². The van der Waals surface area contributed by atoms with Crippen LogP contribution in [0.15, 0.2) is 60.7 Å². The van der Waals surface area contributed by atoms with Crippen LogP contribution in [-0.2, 0) is 0 Å². The van der Waals surface area contributed by atoms with Crippen molar-refractivity contribution in [1.82, 2.24) is 0 Å². The molecule has 0 saturated carbocycles. The maximum Gasteiger partial charge on any atom is 0.153 e. The zero-order valence-electron chi connectivity index (χ0n) is 15.9. The van der Waals surface area contributed by atoms with Crippen LogP contribution in [0.5, 0.6) is 0 Å². The Labute approximate surface area is 154 Å². The fraction of sp³-hybridized carbons (Fsp3) is 0.455. The van der Waals surface area contributed by atoms with Crippen molar-refractivity contribution in [2.45, 2.75) is 57.2 Å². The summed E-state index contributed by atoms with van der Waals surface area (Å²) in [5.41, 5.74) is 5.32. The molecule has 0 aliphatic carbocycles. The molecule has 2 rings (SSSR count). The summed E-state index contributed by atoms with van der Waals surface area (Å²) < 4.78 is 0. The highest BCUT2D eigenvalue weighted by Crippen LogP contribution is 2.39. The smallest absolute Gasteiger partial charge is 0.153 e. The lowest BCUT2D eigenvalue weighted by Crippen LogP contribution is -2.71. The van der Waals surface area contributed by atoms with Gasteiger partial charge in [0.25, 0.3) is 0 Å². The molecule has 0 heterocycles. The van der Waals surface area contributed by atoms with Crippen LogP contribution in [0.25, 0.3) is 0 Å². The Kier molecular flexibility index (Phi) is 7.00. The summed E-state index contributed by atoms with van der Waals surface area (Å²) in [4.78, 5) is 0. The van der Waals surface area contributed by atoms with E-state index in [1.165, 1.54) is 10.4 Å². The minimum absolute atomic E-state index is 0.00297. The zero-order valence-corrected chi connectivity index (χ0v) is 16.9. The van der Waals surface area contributed by atoms with Crippen molar-refractivity contribution in [2.75, 3.05) is 6.54 Å². The Morgan fingerprint density at radius 3 is 1.72 bits per heavy atom. The highest BCUT2D eigenvalue weighted by atomic mass is 28.3. The SMILES string of the molecule is CC(C)(C)[Si](c1ccccc1)(c1ccccc1)C(O)CCCCCN. The van der Waals surface area contributed by atoms with E-state index in [1.54, 1.807) is 0 Å². The monoisotopic (exact) mass is 355 g/mol. The van der Waals surface area contributed by atoms with Gasteiger partial charge < -0.3 is 10.8 Å². The zero-order chi connectivity index (χ0) is 18.3. The minimum atomic E-state index is -2.39. The van der Waals surface area contributed by atoms with Gasteiger partial charge in [-0.2, -0.15) is 0 Å². The van der Waals surface area contributed by atoms with Gasteiger partial charge in [-0.15, -0.1) is 0 Å². The molecular weight excluding hydrogens is 322 g/mol. The second-order valence-corrected chi connectivity index (χ2v) is 12.9. The van der Waals surface area contributed by atoms with E-state index in [2.05, 4.69) is 81.4 Å². The van der Waals surface area contributed by atoms with Crippen molar-refractivity contribution in [1.29, 1.82) is 0 Å². The van der Waals surface area contributed by atoms with Crippen LogP contribution in [0.1, 0.15) is 46.5 Å². The van der Waals surface area contributed by atoms with Crippen LogP contribution < -0.4 is 16.1 Å². The third kappa shape index (κ3) is 4.22. The summed E-state index contributed by atoms with van der Waals surface area (Å²) in [6.07, 6.45) is 4.00. The van der Waals surface area contributed by atoms with Crippen molar-refractivity contribution in [3.05, 3.63) is 60.7 Å². The maximum absolute atomic E-state index is 11.5. The van der Waals surface area contributed by atoms with Gasteiger partial charge >= 0.3 is 0 Å². The number of hydrogen-bond acceptors (Lipinski definition) is 2. The molecule has 2 nitrogen and oxygen atoms in total. The molecular formula is C22H33NOSi. The highest BCUT2D eigenvalue weighted by Gasteiger charge is 2.52. The summed E-state index contributed by atoms with van der Waals surface area (Å²) >= 11 is 0. The van der Waals surface area contributed by atoms with E-state index in [0.29, 0.717) is 0 Å². The molecule has 0 aliphatic heterocycles. The van der Waals surface area contributed by atoms with E-state index in [-0.39, 0.29) is 10.8 Å². The summed E-state index contributed by atoms with van der Waals surface area (Å²) in [5.74, 6) is 0. The summed E-state index contributed by atoms with van der Waals surface area (Å²) in [6, 6.07) is 21.4. The molecule has 0 aliphatic rings. The molecule has 1 unspecified atom stereocenters. The third-order valence-corrected chi connectivity index (χ3v) is 11.5. The number of aliphatic hydroxyl groups is 1. The Bertz CT molecular complexity index is 582. The number of benzene rings is 2. The average Bonchev–Trinajstić information content (AvgIpc) is 2.60. The van der Waals surface area contributed by atoms with Crippen molar-refractivity contribution in [2.24, 2.45) is 5.73 Å². The van der Waals surface area contributed by atoms with Crippen LogP contribution in [0.4, 0.5) is 0 Å². The topological polar surface area (TPSA) is 46.2 Å². The van der Waals surface area contributed by atoms with Gasteiger partial charge in [0.2, 0.25) is 0 Å². The molecule has 0 spiro atoms. The first-order valence-electron chi connectivity index (χ1n) is 9.43. The van der Waals surface area contributed by atoms with Crippen LogP contribution in [0.2, 0.25) is 5.04 Å². The van der Waals surface area contributed by atoms with Crippen molar-refractivity contribution >= 4 is 18.4 Å². The normalized spacial score (nSPS) is 13.6. The second-order valence-electron chi connectivity index (χ2n) is 7.94. The van der Waals surface area contributed by atoms with Gasteiger partial charge in [0, 0.05) is 0 Å². The third-order valence-electron chi connectivity index (χ3n) is 5.32. The molecule has 136 valence electrons. The van der Waals surface area contributed by atoms with Crippen LogP contribution >= 0.6 is 0 Å². The first kappa shape index (κ1) is 19.9. The van der Waals surface area contributed by atoms with Crippen molar-refractivity contribution in [3.63, 3.8) is 0 Å². The Hall–Kier alpha value is -1.42. The lowest BCUT2D eigenvalue weighted by atomic mass is 10.2. The van der Waals surface area contributed by atoms with Gasteiger partial charge in [0.15, 0.2) is 8.07 Å². The van der Waals surface area contributed by atoms with E-state index in [0.717, 1.165) is 32.2 Å². The van der Waals surface area contributed by atoms with E-state index in [1.807, 2.05) is 0 Å². The predicted octanol–water partition coefficient (Wildman–Crippen LogP) is 3.47.